The molecule has 0 heterocycles. The fourth-order valence-electron chi connectivity index (χ4n) is 1.36. The summed E-state index contributed by atoms with van der Waals surface area (Å²) in [5.41, 5.74) is -0.276. The molecular formula is C11H10ClNO5. The minimum Gasteiger partial charge on any atom is -0.460 e. The second kappa shape index (κ2) is 6.11. The van der Waals surface area contributed by atoms with Crippen LogP contribution in [-0.2, 0) is 20.7 Å². The van der Waals surface area contributed by atoms with Crippen molar-refractivity contribution in [3.8, 4) is 0 Å². The third-order valence-corrected chi connectivity index (χ3v) is 2.41. The summed E-state index contributed by atoms with van der Waals surface area (Å²) in [5.74, 6) is -1.85. The van der Waals surface area contributed by atoms with Crippen LogP contribution >= 0.6 is 11.6 Å². The lowest BCUT2D eigenvalue weighted by molar-refractivity contribution is -0.385. The molecule has 0 spiro atoms. The average Bonchev–Trinajstić information content (AvgIpc) is 2.28. The third-order valence-electron chi connectivity index (χ3n) is 2.11. The Kier molecular flexibility index (Phi) is 4.79. The van der Waals surface area contributed by atoms with Gasteiger partial charge in [0.15, 0.2) is 0 Å². The smallest absolute Gasteiger partial charge is 0.374 e. The zero-order valence-electron chi connectivity index (χ0n) is 9.51. The molecule has 0 amide bonds. The summed E-state index contributed by atoms with van der Waals surface area (Å²) in [6.07, 6.45) is -0.407. The van der Waals surface area contributed by atoms with Crippen LogP contribution in [0.15, 0.2) is 18.2 Å². The third kappa shape index (κ3) is 3.27. The molecule has 0 atom stereocenters. The van der Waals surface area contributed by atoms with Gasteiger partial charge in [-0.15, -0.1) is 0 Å². The summed E-state index contributed by atoms with van der Waals surface area (Å²) >= 11 is 5.68. The van der Waals surface area contributed by atoms with Crippen molar-refractivity contribution in [2.75, 3.05) is 6.61 Å². The maximum atomic E-state index is 11.4. The van der Waals surface area contributed by atoms with Gasteiger partial charge in [0.05, 0.1) is 11.5 Å². The van der Waals surface area contributed by atoms with Crippen molar-refractivity contribution in [2.24, 2.45) is 0 Å². The van der Waals surface area contributed by atoms with Crippen LogP contribution < -0.4 is 0 Å². The number of hydrogen-bond acceptors (Lipinski definition) is 5. The number of ketones is 1. The van der Waals surface area contributed by atoms with E-state index in [9.17, 15) is 19.7 Å². The van der Waals surface area contributed by atoms with Gasteiger partial charge in [0, 0.05) is 12.0 Å². The van der Waals surface area contributed by atoms with Gasteiger partial charge in [0.2, 0.25) is 5.78 Å². The van der Waals surface area contributed by atoms with Gasteiger partial charge in [-0.05, 0) is 13.0 Å². The molecular weight excluding hydrogens is 262 g/mol. The average molecular weight is 272 g/mol. The molecule has 6 nitrogen and oxygen atoms in total. The van der Waals surface area contributed by atoms with Gasteiger partial charge in [0.25, 0.3) is 5.69 Å². The molecule has 0 saturated carbocycles. The number of nitrogens with zero attached hydrogens (tertiary/aromatic N) is 1. The standard InChI is InChI=1S/C11H10ClNO5/c1-2-18-11(15)9(14)6-7-4-3-5-8(12)10(7)13(16)17/h3-5H,2,6H2,1H3. The Morgan fingerprint density at radius 1 is 1.44 bits per heavy atom. The molecule has 0 fully saturated rings. The molecule has 1 aromatic rings. The SMILES string of the molecule is CCOC(=O)C(=O)Cc1cccc(Cl)c1[N+](=O)[O-]. The Morgan fingerprint density at radius 3 is 2.67 bits per heavy atom. The first-order chi connectivity index (χ1) is 8.47. The zero-order chi connectivity index (χ0) is 13.7. The lowest BCUT2D eigenvalue weighted by atomic mass is 10.1. The highest BCUT2D eigenvalue weighted by atomic mass is 35.5. The number of hydrogen-bond donors (Lipinski definition) is 0. The van der Waals surface area contributed by atoms with E-state index in [1.54, 1.807) is 6.92 Å². The van der Waals surface area contributed by atoms with Crippen molar-refractivity contribution in [3.63, 3.8) is 0 Å². The van der Waals surface area contributed by atoms with E-state index in [0.29, 0.717) is 0 Å². The van der Waals surface area contributed by atoms with E-state index in [1.807, 2.05) is 0 Å². The number of nitro benzene ring substituents is 1. The van der Waals surface area contributed by atoms with Gasteiger partial charge >= 0.3 is 5.97 Å². The lowest BCUT2D eigenvalue weighted by Crippen LogP contribution is -2.19. The number of rotatable bonds is 5. The van der Waals surface area contributed by atoms with Crippen molar-refractivity contribution in [1.82, 2.24) is 0 Å². The molecule has 0 aliphatic rings. The number of halogens is 1. The predicted molar refractivity (Wildman–Crippen MR) is 63.5 cm³/mol. The quantitative estimate of drug-likeness (QED) is 0.353. The second-order valence-electron chi connectivity index (χ2n) is 3.33. The number of ether oxygens (including phenoxy) is 1. The van der Waals surface area contributed by atoms with E-state index >= 15 is 0 Å². The number of carbonyl (C=O) groups is 2. The summed E-state index contributed by atoms with van der Waals surface area (Å²) in [5, 5.41) is 10.7. The monoisotopic (exact) mass is 271 g/mol. The highest BCUT2D eigenvalue weighted by Crippen LogP contribution is 2.28. The molecule has 0 aliphatic heterocycles. The molecule has 1 aromatic carbocycles. The van der Waals surface area contributed by atoms with Crippen LogP contribution in [0, 0.1) is 10.1 Å². The number of para-hydroxylation sites is 1. The molecule has 96 valence electrons. The van der Waals surface area contributed by atoms with Crippen LogP contribution in [0.3, 0.4) is 0 Å². The molecule has 0 aromatic heterocycles. The molecule has 0 radical (unpaired) electrons. The molecule has 0 bridgehead atoms. The fourth-order valence-corrected chi connectivity index (χ4v) is 1.63. The van der Waals surface area contributed by atoms with Gasteiger partial charge in [-0.25, -0.2) is 4.79 Å². The van der Waals surface area contributed by atoms with Crippen molar-refractivity contribution < 1.29 is 19.2 Å². The molecule has 7 heteroatoms. The van der Waals surface area contributed by atoms with Gasteiger partial charge in [0.1, 0.15) is 5.02 Å². The van der Waals surface area contributed by atoms with Gasteiger partial charge in [-0.2, -0.15) is 0 Å². The minimum absolute atomic E-state index is 0.0716. The molecule has 18 heavy (non-hydrogen) atoms. The van der Waals surface area contributed by atoms with Crippen LogP contribution in [0.5, 0.6) is 0 Å². The minimum atomic E-state index is -1.01. The highest BCUT2D eigenvalue weighted by Gasteiger charge is 2.23. The first kappa shape index (κ1) is 14.1. The highest BCUT2D eigenvalue weighted by molar-refractivity contribution is 6.35. The maximum Gasteiger partial charge on any atom is 0.374 e. The van der Waals surface area contributed by atoms with E-state index in [-0.39, 0.29) is 22.9 Å². The van der Waals surface area contributed by atoms with Crippen molar-refractivity contribution in [1.29, 1.82) is 0 Å². The lowest BCUT2D eigenvalue weighted by Gasteiger charge is -2.03. The number of esters is 1. The van der Waals surface area contributed by atoms with Crippen LogP contribution in [0.4, 0.5) is 5.69 Å². The topological polar surface area (TPSA) is 86.5 Å². The van der Waals surface area contributed by atoms with Crippen molar-refractivity contribution >= 4 is 29.0 Å². The van der Waals surface area contributed by atoms with E-state index in [4.69, 9.17) is 11.6 Å². The normalized spacial score (nSPS) is 9.89. The van der Waals surface area contributed by atoms with Crippen molar-refractivity contribution in [3.05, 3.63) is 38.9 Å². The van der Waals surface area contributed by atoms with Gasteiger partial charge in [-0.1, -0.05) is 23.7 Å². The first-order valence-corrected chi connectivity index (χ1v) is 5.46. The molecule has 1 rings (SSSR count). The van der Waals surface area contributed by atoms with Crippen LogP contribution in [0.25, 0.3) is 0 Å². The number of nitro groups is 1. The Morgan fingerprint density at radius 2 is 2.11 bits per heavy atom. The summed E-state index contributed by atoms with van der Waals surface area (Å²) in [6.45, 7) is 1.63. The van der Waals surface area contributed by atoms with E-state index in [0.717, 1.165) is 0 Å². The summed E-state index contributed by atoms with van der Waals surface area (Å²) in [6, 6.07) is 4.20. The van der Waals surface area contributed by atoms with Gasteiger partial charge in [-0.3, -0.25) is 14.9 Å². The Hall–Kier alpha value is -1.95. The number of carbonyl (C=O) groups excluding carboxylic acids is 2. The van der Waals surface area contributed by atoms with E-state index < -0.39 is 23.1 Å². The Bertz CT molecular complexity index is 500. The zero-order valence-corrected chi connectivity index (χ0v) is 10.3. The largest absolute Gasteiger partial charge is 0.460 e. The number of Topliss-reactive ketones (excluding diaryl/α,β-unsaturated/α-hetero) is 1. The maximum absolute atomic E-state index is 11.4. The van der Waals surface area contributed by atoms with E-state index in [1.165, 1.54) is 18.2 Å². The van der Waals surface area contributed by atoms with Crippen molar-refractivity contribution in [2.45, 2.75) is 13.3 Å². The molecule has 0 aliphatic carbocycles. The molecule has 0 saturated heterocycles. The van der Waals surface area contributed by atoms with Crippen LogP contribution in [0.1, 0.15) is 12.5 Å². The Labute approximate surface area is 108 Å². The molecule has 0 unspecified atom stereocenters. The first-order valence-electron chi connectivity index (χ1n) is 5.09. The van der Waals surface area contributed by atoms with E-state index in [2.05, 4.69) is 4.74 Å². The fraction of sp³-hybridized carbons (Fsp3) is 0.273. The second-order valence-corrected chi connectivity index (χ2v) is 3.73. The summed E-state index contributed by atoms with van der Waals surface area (Å²) in [7, 11) is 0. The summed E-state index contributed by atoms with van der Waals surface area (Å²) < 4.78 is 4.52. The Balaban J connectivity index is 2.98. The summed E-state index contributed by atoms with van der Waals surface area (Å²) in [4.78, 5) is 32.7. The van der Waals surface area contributed by atoms with Crippen LogP contribution in [-0.4, -0.2) is 23.3 Å². The van der Waals surface area contributed by atoms with Gasteiger partial charge < -0.3 is 4.74 Å². The van der Waals surface area contributed by atoms with Crippen LogP contribution in [0.2, 0.25) is 5.02 Å². The molecule has 0 N–H and O–H groups in total. The number of benzene rings is 1. The predicted octanol–water partition coefficient (Wildman–Crippen LogP) is 1.92.